The van der Waals surface area contributed by atoms with Crippen LogP contribution in [0, 0.1) is 5.82 Å². The predicted molar refractivity (Wildman–Crippen MR) is 144 cm³/mol. The number of nitrogens with zero attached hydrogens (tertiary/aromatic N) is 6. The molecule has 0 unspecified atom stereocenters. The van der Waals surface area contributed by atoms with Crippen molar-refractivity contribution in [2.24, 2.45) is 7.05 Å². The van der Waals surface area contributed by atoms with Gasteiger partial charge in [-0.05, 0) is 44.5 Å². The number of amides is 1. The van der Waals surface area contributed by atoms with Gasteiger partial charge in [0.05, 0.1) is 19.3 Å². The average molecular weight is 520 g/mol. The largest absolute Gasteiger partial charge is 0.480 e. The number of carbonyl (C=O) groups is 1. The molecule has 0 bridgehead atoms. The summed E-state index contributed by atoms with van der Waals surface area (Å²) in [7, 11) is 5.48. The fourth-order valence-corrected chi connectivity index (χ4v) is 5.49. The van der Waals surface area contributed by atoms with Crippen molar-refractivity contribution >= 4 is 17.2 Å². The number of likely N-dealkylation sites (N-methyl/N-ethyl adjacent to an activating group) is 1. The molecule has 5 rings (SSSR count). The highest BCUT2D eigenvalue weighted by atomic mass is 19.1. The van der Waals surface area contributed by atoms with E-state index in [9.17, 15) is 4.79 Å². The Morgan fingerprint density at radius 1 is 1.29 bits per heavy atom. The van der Waals surface area contributed by atoms with Gasteiger partial charge in [0.2, 0.25) is 11.8 Å². The lowest BCUT2D eigenvalue weighted by atomic mass is 10.0. The van der Waals surface area contributed by atoms with Crippen LogP contribution in [0.2, 0.25) is 0 Å². The van der Waals surface area contributed by atoms with Crippen LogP contribution in [-0.2, 0) is 24.7 Å². The monoisotopic (exact) mass is 519 g/mol. The molecule has 200 valence electrons. The SMILES string of the molecule is COc1nn(C)cc1Cc1ncc(F)c(C2=CCc3c(NC(=O)[C@@H](C)N4CCN(C)C[C@H]4C)cccc32)n1. The van der Waals surface area contributed by atoms with E-state index in [1.54, 1.807) is 11.8 Å². The average Bonchev–Trinajstić information content (AvgIpc) is 3.48. The zero-order valence-corrected chi connectivity index (χ0v) is 22.5. The van der Waals surface area contributed by atoms with E-state index in [1.807, 2.05) is 44.4 Å². The summed E-state index contributed by atoms with van der Waals surface area (Å²) in [5.41, 5.74) is 4.36. The van der Waals surface area contributed by atoms with Gasteiger partial charge >= 0.3 is 0 Å². The first-order chi connectivity index (χ1) is 18.2. The number of anilines is 1. The van der Waals surface area contributed by atoms with Gasteiger partial charge in [0.25, 0.3) is 0 Å². The first-order valence-electron chi connectivity index (χ1n) is 12.9. The van der Waals surface area contributed by atoms with Crippen LogP contribution in [0.25, 0.3) is 5.57 Å². The molecule has 0 radical (unpaired) electrons. The summed E-state index contributed by atoms with van der Waals surface area (Å²) in [6.45, 7) is 6.84. The Balaban J connectivity index is 1.36. The summed E-state index contributed by atoms with van der Waals surface area (Å²) in [5.74, 6) is 0.442. The minimum Gasteiger partial charge on any atom is -0.480 e. The molecule has 1 aliphatic heterocycles. The van der Waals surface area contributed by atoms with Crippen molar-refractivity contribution in [3.05, 3.63) is 70.7 Å². The number of benzene rings is 1. The zero-order valence-electron chi connectivity index (χ0n) is 22.5. The maximum Gasteiger partial charge on any atom is 0.241 e. The van der Waals surface area contributed by atoms with Gasteiger partial charge in [0, 0.05) is 62.2 Å². The zero-order chi connectivity index (χ0) is 27.0. The van der Waals surface area contributed by atoms with Crippen molar-refractivity contribution in [1.29, 1.82) is 0 Å². The number of methoxy groups -OCH3 is 1. The molecule has 3 heterocycles. The molecule has 0 saturated carbocycles. The second-order valence-corrected chi connectivity index (χ2v) is 10.2. The van der Waals surface area contributed by atoms with E-state index in [2.05, 4.69) is 44.2 Å². The van der Waals surface area contributed by atoms with E-state index in [-0.39, 0.29) is 17.6 Å². The molecule has 1 aliphatic carbocycles. The smallest absolute Gasteiger partial charge is 0.241 e. The third-order valence-corrected chi connectivity index (χ3v) is 7.45. The number of piperazine rings is 1. The molecule has 1 aromatic carbocycles. The van der Waals surface area contributed by atoms with Crippen LogP contribution in [-0.4, -0.2) is 81.3 Å². The molecule has 3 aromatic rings. The van der Waals surface area contributed by atoms with Gasteiger partial charge in [-0.15, -0.1) is 5.10 Å². The first kappa shape index (κ1) is 26.0. The van der Waals surface area contributed by atoms with Crippen LogP contribution in [0.1, 0.15) is 42.1 Å². The Bertz CT molecular complexity index is 1390. The van der Waals surface area contributed by atoms with E-state index in [4.69, 9.17) is 4.74 Å². The lowest BCUT2D eigenvalue weighted by molar-refractivity contribution is -0.122. The normalized spacial score (nSPS) is 18.7. The third-order valence-electron chi connectivity index (χ3n) is 7.45. The van der Waals surface area contributed by atoms with Gasteiger partial charge in [0.15, 0.2) is 5.82 Å². The molecule has 0 spiro atoms. The molecule has 1 saturated heterocycles. The highest BCUT2D eigenvalue weighted by Gasteiger charge is 2.30. The maximum absolute atomic E-state index is 15.0. The molecule has 38 heavy (non-hydrogen) atoms. The number of allylic oxidation sites excluding steroid dienone is 1. The molecule has 10 heteroatoms. The second kappa shape index (κ2) is 10.6. The van der Waals surface area contributed by atoms with Crippen LogP contribution in [0.5, 0.6) is 5.88 Å². The van der Waals surface area contributed by atoms with Crippen LogP contribution in [0.4, 0.5) is 10.1 Å². The molecular formula is C28H34FN7O2. The van der Waals surface area contributed by atoms with E-state index in [0.29, 0.717) is 36.2 Å². The molecule has 2 aromatic heterocycles. The molecule has 1 amide bonds. The van der Waals surface area contributed by atoms with Crippen molar-refractivity contribution in [2.45, 2.75) is 38.8 Å². The summed E-state index contributed by atoms with van der Waals surface area (Å²) in [6.07, 6.45) is 5.96. The van der Waals surface area contributed by atoms with Crippen molar-refractivity contribution in [3.63, 3.8) is 0 Å². The highest BCUT2D eigenvalue weighted by molar-refractivity contribution is 5.97. The van der Waals surface area contributed by atoms with Gasteiger partial charge in [0.1, 0.15) is 11.5 Å². The molecular weight excluding hydrogens is 485 g/mol. The molecule has 1 fully saturated rings. The van der Waals surface area contributed by atoms with E-state index in [1.165, 1.54) is 6.20 Å². The summed E-state index contributed by atoms with van der Waals surface area (Å²) < 4.78 is 22.0. The number of hydrogen-bond acceptors (Lipinski definition) is 7. The van der Waals surface area contributed by atoms with Gasteiger partial charge in [-0.1, -0.05) is 18.2 Å². The van der Waals surface area contributed by atoms with Crippen molar-refractivity contribution in [3.8, 4) is 5.88 Å². The highest BCUT2D eigenvalue weighted by Crippen LogP contribution is 2.37. The Kier molecular flexibility index (Phi) is 7.27. The standard InChI is InChI=1S/C28H34FN7O2/c1-17-15-34(3)11-12-36(17)18(2)27(37)31-24-8-6-7-20-21(24)9-10-22(20)26-23(29)14-30-25(32-26)13-19-16-35(4)33-28(19)38-5/h6-8,10,14,16-18H,9,11-13,15H2,1-5H3,(H,31,37)/t17-,18-/m1/s1. The second-order valence-electron chi connectivity index (χ2n) is 10.2. The number of fused-ring (bicyclic) bond motifs is 1. The van der Waals surface area contributed by atoms with Crippen LogP contribution < -0.4 is 10.1 Å². The molecule has 2 aliphatic rings. The van der Waals surface area contributed by atoms with E-state index >= 15 is 4.39 Å². The number of rotatable bonds is 7. The number of halogens is 1. The lowest BCUT2D eigenvalue weighted by Crippen LogP contribution is -2.56. The fraction of sp³-hybridized carbons (Fsp3) is 0.429. The Morgan fingerprint density at radius 3 is 2.87 bits per heavy atom. The Hall–Kier alpha value is -3.63. The fourth-order valence-electron chi connectivity index (χ4n) is 5.49. The number of nitrogens with one attached hydrogen (secondary N) is 1. The summed E-state index contributed by atoms with van der Waals surface area (Å²) in [4.78, 5) is 26.6. The quantitative estimate of drug-likeness (QED) is 0.514. The summed E-state index contributed by atoms with van der Waals surface area (Å²) >= 11 is 0. The van der Waals surface area contributed by atoms with Crippen LogP contribution >= 0.6 is 0 Å². The van der Waals surface area contributed by atoms with Crippen molar-refractivity contribution in [1.82, 2.24) is 29.5 Å². The topological polar surface area (TPSA) is 88.4 Å². The predicted octanol–water partition coefficient (Wildman–Crippen LogP) is 2.90. The van der Waals surface area contributed by atoms with E-state index in [0.717, 1.165) is 42.0 Å². The Labute approximate surface area is 222 Å². The Morgan fingerprint density at radius 2 is 2.11 bits per heavy atom. The number of ether oxygens (including phenoxy) is 1. The van der Waals surface area contributed by atoms with Gasteiger partial charge < -0.3 is 15.0 Å². The first-order valence-corrected chi connectivity index (χ1v) is 12.9. The van der Waals surface area contributed by atoms with Crippen molar-refractivity contribution < 1.29 is 13.9 Å². The van der Waals surface area contributed by atoms with Gasteiger partial charge in [-0.25, -0.2) is 14.4 Å². The summed E-state index contributed by atoms with van der Waals surface area (Å²) in [5, 5.41) is 7.41. The minimum atomic E-state index is -0.488. The van der Waals surface area contributed by atoms with Crippen LogP contribution in [0.15, 0.2) is 36.7 Å². The third kappa shape index (κ3) is 5.06. The van der Waals surface area contributed by atoms with Crippen LogP contribution in [0.3, 0.4) is 0 Å². The van der Waals surface area contributed by atoms with E-state index < -0.39 is 5.82 Å². The maximum atomic E-state index is 15.0. The number of aromatic nitrogens is 4. The van der Waals surface area contributed by atoms with Crippen molar-refractivity contribution in [2.75, 3.05) is 39.1 Å². The minimum absolute atomic E-state index is 0.0378. The number of aryl methyl sites for hydroxylation is 1. The van der Waals surface area contributed by atoms with Gasteiger partial charge in [-0.2, -0.15) is 0 Å². The number of hydrogen-bond donors (Lipinski definition) is 1. The molecule has 1 N–H and O–H groups in total. The lowest BCUT2D eigenvalue weighted by Gasteiger charge is -2.41. The summed E-state index contributed by atoms with van der Waals surface area (Å²) in [6, 6.07) is 5.78. The number of carbonyl (C=O) groups excluding carboxylic acids is 1. The van der Waals surface area contributed by atoms with Gasteiger partial charge in [-0.3, -0.25) is 14.4 Å². The molecule has 9 nitrogen and oxygen atoms in total. The molecule has 2 atom stereocenters.